The lowest BCUT2D eigenvalue weighted by molar-refractivity contribution is -0.164. The number of hydrogen-bond acceptors (Lipinski definition) is 6. The molecule has 3 unspecified atom stereocenters. The molecule has 1 N–H and O–H groups in total. The number of likely N-dealkylation sites (tertiary alicyclic amines) is 1. The molecule has 0 aromatic rings. The Morgan fingerprint density at radius 2 is 2.03 bits per heavy atom. The number of nitrogens with zero attached hydrogens (tertiary/aromatic N) is 2. The number of amides is 2. The van der Waals surface area contributed by atoms with E-state index in [1.54, 1.807) is 17.1 Å². The van der Waals surface area contributed by atoms with Gasteiger partial charge in [-0.25, -0.2) is 0 Å². The van der Waals surface area contributed by atoms with Crippen LogP contribution in [-0.2, 0) is 23.9 Å². The molecule has 2 amide bonds. The van der Waals surface area contributed by atoms with Crippen molar-refractivity contribution in [3.05, 3.63) is 25.3 Å². The Kier molecular flexibility index (Phi) is 7.63. The number of rotatable bonds is 11. The van der Waals surface area contributed by atoms with Crippen LogP contribution in [0.1, 0.15) is 53.9 Å². The van der Waals surface area contributed by atoms with Crippen molar-refractivity contribution in [2.24, 2.45) is 17.8 Å². The molecule has 3 aliphatic rings. The van der Waals surface area contributed by atoms with Crippen molar-refractivity contribution in [1.82, 2.24) is 9.80 Å². The van der Waals surface area contributed by atoms with Crippen molar-refractivity contribution >= 4 is 17.8 Å². The minimum absolute atomic E-state index is 0.0649. The van der Waals surface area contributed by atoms with Gasteiger partial charge in [0, 0.05) is 12.6 Å². The van der Waals surface area contributed by atoms with Crippen LogP contribution in [0, 0.1) is 17.8 Å². The van der Waals surface area contributed by atoms with Crippen LogP contribution in [0.25, 0.3) is 0 Å². The number of fused-ring (bicyclic) bond motifs is 1. The van der Waals surface area contributed by atoms with Crippen molar-refractivity contribution in [3.8, 4) is 0 Å². The van der Waals surface area contributed by atoms with Crippen LogP contribution in [0.2, 0.25) is 0 Å². The first-order valence-corrected chi connectivity index (χ1v) is 12.4. The Hall–Kier alpha value is -2.19. The van der Waals surface area contributed by atoms with E-state index in [4.69, 9.17) is 9.47 Å². The van der Waals surface area contributed by atoms with Gasteiger partial charge in [-0.2, -0.15) is 0 Å². The Morgan fingerprint density at radius 3 is 2.56 bits per heavy atom. The summed E-state index contributed by atoms with van der Waals surface area (Å²) in [6.45, 7) is 17.2. The van der Waals surface area contributed by atoms with E-state index in [1.165, 1.54) is 4.90 Å². The van der Waals surface area contributed by atoms with Crippen LogP contribution in [0.15, 0.2) is 25.3 Å². The zero-order chi connectivity index (χ0) is 25.4. The van der Waals surface area contributed by atoms with E-state index in [2.05, 4.69) is 13.2 Å². The van der Waals surface area contributed by atoms with Gasteiger partial charge in [0.2, 0.25) is 11.8 Å². The van der Waals surface area contributed by atoms with E-state index in [9.17, 15) is 19.5 Å². The van der Waals surface area contributed by atoms with E-state index >= 15 is 0 Å². The molecule has 34 heavy (non-hydrogen) atoms. The number of carbonyl (C=O) groups is 3. The Balaban J connectivity index is 2.13. The van der Waals surface area contributed by atoms with E-state index in [0.717, 1.165) is 0 Å². The molecule has 0 aromatic carbocycles. The molecule has 3 saturated heterocycles. The lowest BCUT2D eigenvalue weighted by Gasteiger charge is -2.40. The third-order valence-electron chi connectivity index (χ3n) is 8.11. The quantitative estimate of drug-likeness (QED) is 0.279. The van der Waals surface area contributed by atoms with Gasteiger partial charge in [0.1, 0.15) is 17.6 Å². The Morgan fingerprint density at radius 1 is 1.35 bits per heavy atom. The van der Waals surface area contributed by atoms with Gasteiger partial charge in [-0.3, -0.25) is 14.4 Å². The molecule has 3 fully saturated rings. The highest BCUT2D eigenvalue weighted by Gasteiger charge is 2.80. The zero-order valence-corrected chi connectivity index (χ0v) is 21.2. The fraction of sp³-hybridized carbons (Fsp3) is 0.731. The largest absolute Gasteiger partial charge is 0.465 e. The van der Waals surface area contributed by atoms with Crippen LogP contribution < -0.4 is 0 Å². The number of aliphatic hydroxyl groups is 1. The van der Waals surface area contributed by atoms with E-state index in [-0.39, 0.29) is 37.0 Å². The van der Waals surface area contributed by atoms with Crippen molar-refractivity contribution < 1.29 is 29.0 Å². The molecule has 3 rings (SSSR count). The summed E-state index contributed by atoms with van der Waals surface area (Å²) >= 11 is 0. The third-order valence-corrected chi connectivity index (χ3v) is 8.11. The highest BCUT2D eigenvalue weighted by atomic mass is 16.6. The van der Waals surface area contributed by atoms with Gasteiger partial charge in [-0.15, -0.1) is 13.2 Å². The summed E-state index contributed by atoms with van der Waals surface area (Å²) in [5.74, 6) is -2.76. The molecular formula is C26H40N2O6. The van der Waals surface area contributed by atoms with E-state index in [0.29, 0.717) is 25.8 Å². The van der Waals surface area contributed by atoms with Crippen molar-refractivity contribution in [3.63, 3.8) is 0 Å². The van der Waals surface area contributed by atoms with Crippen LogP contribution in [0.5, 0.6) is 0 Å². The second-order valence-electron chi connectivity index (χ2n) is 10.3. The van der Waals surface area contributed by atoms with Gasteiger partial charge in [-0.05, 0) is 46.0 Å². The first-order chi connectivity index (χ1) is 16.0. The molecule has 3 aliphatic heterocycles. The van der Waals surface area contributed by atoms with E-state index < -0.39 is 41.1 Å². The molecule has 3 heterocycles. The van der Waals surface area contributed by atoms with Gasteiger partial charge in [0.15, 0.2) is 0 Å². The predicted molar refractivity (Wildman–Crippen MR) is 128 cm³/mol. The molecule has 2 bridgehead atoms. The molecule has 0 aliphatic carbocycles. The molecule has 0 aromatic heterocycles. The van der Waals surface area contributed by atoms with Gasteiger partial charge in [0.25, 0.3) is 0 Å². The van der Waals surface area contributed by atoms with Crippen molar-refractivity contribution in [2.45, 2.75) is 83.2 Å². The van der Waals surface area contributed by atoms with Crippen LogP contribution >= 0.6 is 0 Å². The molecule has 0 radical (unpaired) electrons. The summed E-state index contributed by atoms with van der Waals surface area (Å²) in [6.07, 6.45) is 4.79. The molecule has 190 valence electrons. The van der Waals surface area contributed by atoms with Crippen LogP contribution in [-0.4, -0.2) is 81.8 Å². The van der Waals surface area contributed by atoms with Gasteiger partial charge in [-0.1, -0.05) is 26.0 Å². The highest BCUT2D eigenvalue weighted by molar-refractivity contribution is 5.99. The standard InChI is InChI=1S/C26H40N2O6/c1-8-11-13-33-24(32)20-19-22(30)28(18(10-3)15-29)21(23(31)27(12-9-2)16(4)5)26(19)14-17(6)25(20,7)34-26/h8-9,16-21,29H,1-2,10-15H2,3-7H3/t17?,18-,19-,20+,21?,25-,26?/m0/s1. The van der Waals surface area contributed by atoms with Gasteiger partial charge >= 0.3 is 5.97 Å². The predicted octanol–water partition coefficient (Wildman–Crippen LogP) is 2.31. The zero-order valence-electron chi connectivity index (χ0n) is 21.2. The normalized spacial score (nSPS) is 34.8. The SMILES string of the molecule is C=CCCOC(=O)[C@H]1[C@H]2C(=O)N([C@@H](CC)CO)C(C(=O)N(CC=C)C(C)C)C23CC(C)[C@]1(C)O3. The minimum Gasteiger partial charge on any atom is -0.465 e. The highest BCUT2D eigenvalue weighted by Crippen LogP contribution is 2.65. The topological polar surface area (TPSA) is 96.4 Å². The Bertz CT molecular complexity index is 839. The van der Waals surface area contributed by atoms with Crippen molar-refractivity contribution in [1.29, 1.82) is 0 Å². The maximum Gasteiger partial charge on any atom is 0.312 e. The molecule has 7 atom stereocenters. The first-order valence-electron chi connectivity index (χ1n) is 12.4. The summed E-state index contributed by atoms with van der Waals surface area (Å²) in [7, 11) is 0. The monoisotopic (exact) mass is 476 g/mol. The van der Waals surface area contributed by atoms with Crippen molar-refractivity contribution in [2.75, 3.05) is 19.8 Å². The summed E-state index contributed by atoms with van der Waals surface area (Å²) < 4.78 is 12.2. The number of carbonyl (C=O) groups excluding carboxylic acids is 3. The maximum atomic E-state index is 14.1. The molecular weight excluding hydrogens is 436 g/mol. The summed E-state index contributed by atoms with van der Waals surface area (Å²) in [4.78, 5) is 44.6. The van der Waals surface area contributed by atoms with Gasteiger partial charge in [0.05, 0.1) is 30.8 Å². The number of esters is 1. The van der Waals surface area contributed by atoms with Gasteiger partial charge < -0.3 is 24.4 Å². The molecule has 0 saturated carbocycles. The fourth-order valence-corrected chi connectivity index (χ4v) is 6.31. The van der Waals surface area contributed by atoms with Crippen LogP contribution in [0.3, 0.4) is 0 Å². The van der Waals surface area contributed by atoms with E-state index in [1.807, 2.05) is 34.6 Å². The molecule has 8 nitrogen and oxygen atoms in total. The first kappa shape index (κ1) is 26.4. The smallest absolute Gasteiger partial charge is 0.312 e. The average Bonchev–Trinajstić information content (AvgIpc) is 3.30. The average molecular weight is 477 g/mol. The lowest BCUT2D eigenvalue weighted by Crippen LogP contribution is -2.59. The summed E-state index contributed by atoms with van der Waals surface area (Å²) in [5.41, 5.74) is -2.07. The summed E-state index contributed by atoms with van der Waals surface area (Å²) in [6, 6.07) is -1.61. The molecule has 8 heteroatoms. The lowest BCUT2D eigenvalue weighted by atomic mass is 9.62. The number of ether oxygens (including phenoxy) is 2. The second kappa shape index (κ2) is 9.82. The third kappa shape index (κ3) is 3.79. The maximum absolute atomic E-state index is 14.1. The fourth-order valence-electron chi connectivity index (χ4n) is 6.31. The Labute approximate surface area is 202 Å². The minimum atomic E-state index is -1.15. The number of hydrogen-bond donors (Lipinski definition) is 1. The van der Waals surface area contributed by atoms with Crippen LogP contribution in [0.4, 0.5) is 0 Å². The molecule has 1 spiro atoms. The summed E-state index contributed by atoms with van der Waals surface area (Å²) in [5, 5.41) is 10.1. The number of aliphatic hydroxyl groups excluding tert-OH is 1. The second-order valence-corrected chi connectivity index (χ2v) is 10.3.